The molecule has 0 amide bonds. The normalized spacial score (nSPS) is 36.8. The molecule has 1 fully saturated rings. The number of hydrogen-bond acceptors (Lipinski definition) is 2. The first-order valence-corrected chi connectivity index (χ1v) is 5.09. The Kier molecular flexibility index (Phi) is 3.53. The summed E-state index contributed by atoms with van der Waals surface area (Å²) in [6, 6.07) is 0. The first-order chi connectivity index (χ1) is 5.66. The summed E-state index contributed by atoms with van der Waals surface area (Å²) in [5, 5.41) is 13.3. The molecule has 0 spiro atoms. The maximum absolute atomic E-state index is 10.1. The number of likely N-dealkylation sites (N-methyl/N-ethyl adjacent to an activating group) is 1. The largest absolute Gasteiger partial charge is 0.389 e. The molecule has 12 heavy (non-hydrogen) atoms. The van der Waals surface area contributed by atoms with Crippen LogP contribution in [-0.2, 0) is 0 Å². The van der Waals surface area contributed by atoms with Gasteiger partial charge in [0.15, 0.2) is 0 Å². The molecule has 2 heteroatoms. The van der Waals surface area contributed by atoms with Crippen molar-refractivity contribution >= 4 is 0 Å². The summed E-state index contributed by atoms with van der Waals surface area (Å²) in [4.78, 5) is 0. The molecule has 1 saturated carbocycles. The molecule has 0 aliphatic heterocycles. The van der Waals surface area contributed by atoms with Gasteiger partial charge in [-0.15, -0.1) is 0 Å². The van der Waals surface area contributed by atoms with Crippen LogP contribution in [0.25, 0.3) is 0 Å². The zero-order valence-corrected chi connectivity index (χ0v) is 8.27. The maximum Gasteiger partial charge on any atom is 0.0774 e. The molecular formula is C10H21NO. The minimum absolute atomic E-state index is 0.409. The van der Waals surface area contributed by atoms with Crippen LogP contribution in [0.15, 0.2) is 0 Å². The van der Waals surface area contributed by atoms with Gasteiger partial charge in [-0.05, 0) is 25.3 Å². The highest BCUT2D eigenvalue weighted by Crippen LogP contribution is 2.31. The first-order valence-electron chi connectivity index (χ1n) is 5.09. The van der Waals surface area contributed by atoms with Crippen LogP contribution in [0, 0.1) is 5.92 Å². The SMILES string of the molecule is CCNCC1(O)CCCC(C)C1. The Labute approximate surface area is 75.4 Å². The highest BCUT2D eigenvalue weighted by atomic mass is 16.3. The molecular weight excluding hydrogens is 150 g/mol. The Bertz CT molecular complexity index is 138. The van der Waals surface area contributed by atoms with E-state index in [9.17, 15) is 5.11 Å². The second-order valence-electron chi connectivity index (χ2n) is 4.21. The standard InChI is InChI=1S/C10H21NO/c1-3-11-8-10(12)6-4-5-9(2)7-10/h9,11-12H,3-8H2,1-2H3. The van der Waals surface area contributed by atoms with Crippen LogP contribution in [0.1, 0.15) is 39.5 Å². The minimum Gasteiger partial charge on any atom is -0.389 e. The topological polar surface area (TPSA) is 32.3 Å². The van der Waals surface area contributed by atoms with Gasteiger partial charge in [-0.25, -0.2) is 0 Å². The second-order valence-corrected chi connectivity index (χ2v) is 4.21. The van der Waals surface area contributed by atoms with Crippen molar-refractivity contribution in [1.29, 1.82) is 0 Å². The second kappa shape index (κ2) is 4.24. The summed E-state index contributed by atoms with van der Waals surface area (Å²) < 4.78 is 0. The molecule has 72 valence electrons. The number of nitrogens with one attached hydrogen (secondary N) is 1. The van der Waals surface area contributed by atoms with E-state index in [-0.39, 0.29) is 0 Å². The van der Waals surface area contributed by atoms with Crippen molar-refractivity contribution in [2.24, 2.45) is 5.92 Å². The zero-order valence-electron chi connectivity index (χ0n) is 8.27. The lowest BCUT2D eigenvalue weighted by Gasteiger charge is -2.35. The monoisotopic (exact) mass is 171 g/mol. The van der Waals surface area contributed by atoms with E-state index >= 15 is 0 Å². The Morgan fingerprint density at radius 3 is 2.92 bits per heavy atom. The molecule has 0 saturated heterocycles. The fraction of sp³-hybridized carbons (Fsp3) is 1.00. The zero-order chi connectivity index (χ0) is 9.03. The third-order valence-electron chi connectivity index (χ3n) is 2.77. The Balaban J connectivity index is 2.35. The van der Waals surface area contributed by atoms with E-state index in [4.69, 9.17) is 0 Å². The van der Waals surface area contributed by atoms with Gasteiger partial charge in [0.1, 0.15) is 0 Å². The summed E-state index contributed by atoms with van der Waals surface area (Å²) in [5.41, 5.74) is -0.409. The summed E-state index contributed by atoms with van der Waals surface area (Å²) >= 11 is 0. The number of hydrogen-bond donors (Lipinski definition) is 2. The van der Waals surface area contributed by atoms with Gasteiger partial charge in [-0.2, -0.15) is 0 Å². The maximum atomic E-state index is 10.1. The lowest BCUT2D eigenvalue weighted by Crippen LogP contribution is -2.43. The van der Waals surface area contributed by atoms with Crippen LogP contribution in [0.2, 0.25) is 0 Å². The number of rotatable bonds is 3. The Morgan fingerprint density at radius 2 is 2.33 bits per heavy atom. The average Bonchev–Trinajstić information content (AvgIpc) is 2.01. The van der Waals surface area contributed by atoms with Gasteiger partial charge in [0.05, 0.1) is 5.60 Å². The highest BCUT2D eigenvalue weighted by molar-refractivity contribution is 4.86. The smallest absolute Gasteiger partial charge is 0.0774 e. The van der Waals surface area contributed by atoms with Crippen molar-refractivity contribution in [3.63, 3.8) is 0 Å². The van der Waals surface area contributed by atoms with E-state index in [1.165, 1.54) is 12.8 Å². The lowest BCUT2D eigenvalue weighted by molar-refractivity contribution is -0.0112. The van der Waals surface area contributed by atoms with E-state index in [0.29, 0.717) is 5.92 Å². The third-order valence-corrected chi connectivity index (χ3v) is 2.77. The fourth-order valence-corrected chi connectivity index (χ4v) is 2.15. The van der Waals surface area contributed by atoms with Crippen LogP contribution in [0.5, 0.6) is 0 Å². The van der Waals surface area contributed by atoms with Gasteiger partial charge in [-0.1, -0.05) is 26.7 Å². The molecule has 1 aliphatic rings. The predicted molar refractivity (Wildman–Crippen MR) is 51.1 cm³/mol. The van der Waals surface area contributed by atoms with Gasteiger partial charge in [0.2, 0.25) is 0 Å². The fourth-order valence-electron chi connectivity index (χ4n) is 2.15. The molecule has 0 aromatic rings. The van der Waals surface area contributed by atoms with Gasteiger partial charge in [0.25, 0.3) is 0 Å². The highest BCUT2D eigenvalue weighted by Gasteiger charge is 2.31. The van der Waals surface area contributed by atoms with Gasteiger partial charge >= 0.3 is 0 Å². The molecule has 2 unspecified atom stereocenters. The molecule has 0 bridgehead atoms. The van der Waals surface area contributed by atoms with Crippen molar-refractivity contribution in [2.75, 3.05) is 13.1 Å². The Hall–Kier alpha value is -0.0800. The lowest BCUT2D eigenvalue weighted by atomic mass is 9.79. The van der Waals surface area contributed by atoms with Crippen molar-refractivity contribution in [3.8, 4) is 0 Å². The minimum atomic E-state index is -0.409. The van der Waals surface area contributed by atoms with E-state index in [0.717, 1.165) is 25.9 Å². The van der Waals surface area contributed by atoms with Crippen molar-refractivity contribution in [3.05, 3.63) is 0 Å². The van der Waals surface area contributed by atoms with Crippen molar-refractivity contribution in [2.45, 2.75) is 45.1 Å². The molecule has 2 atom stereocenters. The molecule has 0 heterocycles. The van der Waals surface area contributed by atoms with Gasteiger partial charge < -0.3 is 10.4 Å². The van der Waals surface area contributed by atoms with Crippen LogP contribution in [0.3, 0.4) is 0 Å². The summed E-state index contributed by atoms with van der Waals surface area (Å²) in [5.74, 6) is 0.697. The molecule has 0 aromatic heterocycles. The van der Waals surface area contributed by atoms with E-state index in [2.05, 4.69) is 19.2 Å². The van der Waals surface area contributed by atoms with Crippen LogP contribution in [0.4, 0.5) is 0 Å². The van der Waals surface area contributed by atoms with Crippen molar-refractivity contribution in [1.82, 2.24) is 5.32 Å². The number of aliphatic hydroxyl groups is 1. The molecule has 2 nitrogen and oxygen atoms in total. The van der Waals surface area contributed by atoms with Crippen molar-refractivity contribution < 1.29 is 5.11 Å². The molecule has 1 aliphatic carbocycles. The molecule has 0 aromatic carbocycles. The third kappa shape index (κ3) is 2.76. The molecule has 0 radical (unpaired) electrons. The summed E-state index contributed by atoms with van der Waals surface area (Å²) in [7, 11) is 0. The van der Waals surface area contributed by atoms with Crippen LogP contribution < -0.4 is 5.32 Å². The van der Waals surface area contributed by atoms with E-state index < -0.39 is 5.60 Å². The van der Waals surface area contributed by atoms with E-state index in [1.54, 1.807) is 0 Å². The van der Waals surface area contributed by atoms with E-state index in [1.807, 2.05) is 0 Å². The Morgan fingerprint density at radius 1 is 1.58 bits per heavy atom. The quantitative estimate of drug-likeness (QED) is 0.675. The van der Waals surface area contributed by atoms with Gasteiger partial charge in [0, 0.05) is 6.54 Å². The van der Waals surface area contributed by atoms with Crippen LogP contribution >= 0.6 is 0 Å². The molecule has 2 N–H and O–H groups in total. The average molecular weight is 171 g/mol. The summed E-state index contributed by atoms with van der Waals surface area (Å²) in [6.45, 7) is 6.04. The van der Waals surface area contributed by atoms with Gasteiger partial charge in [-0.3, -0.25) is 0 Å². The molecule has 1 rings (SSSR count). The first kappa shape index (κ1) is 10.0. The summed E-state index contributed by atoms with van der Waals surface area (Å²) in [6.07, 6.45) is 4.42. The predicted octanol–water partition coefficient (Wildman–Crippen LogP) is 1.54. The van der Waals surface area contributed by atoms with Crippen LogP contribution in [-0.4, -0.2) is 23.8 Å².